The smallest absolute Gasteiger partial charge is 0.262 e. The largest absolute Gasteiger partial charge is 0.497 e. The monoisotopic (exact) mass is 392 g/mol. The zero-order valence-electron chi connectivity index (χ0n) is 13.9. The molecule has 0 saturated heterocycles. The van der Waals surface area contributed by atoms with Crippen LogP contribution in [0.1, 0.15) is 27.6 Å². The van der Waals surface area contributed by atoms with Gasteiger partial charge in [-0.2, -0.15) is 0 Å². The second-order valence-electron chi connectivity index (χ2n) is 5.69. The summed E-state index contributed by atoms with van der Waals surface area (Å²) in [6.07, 6.45) is 0. The number of amides is 3. The number of carbonyl (C=O) groups is 3. The maximum Gasteiger partial charge on any atom is 0.262 e. The predicted octanol–water partition coefficient (Wildman–Crippen LogP) is 3.63. The molecule has 0 radical (unpaired) electrons. The van der Waals surface area contributed by atoms with Gasteiger partial charge in [-0.1, -0.05) is 23.2 Å². The first kappa shape index (κ1) is 18.2. The number of hydrogen-bond donors (Lipinski definition) is 1. The summed E-state index contributed by atoms with van der Waals surface area (Å²) >= 11 is 11.8. The van der Waals surface area contributed by atoms with Gasteiger partial charge in [-0.05, 0) is 43.3 Å². The summed E-state index contributed by atoms with van der Waals surface area (Å²) in [6.45, 7) is 1.48. The molecule has 0 spiro atoms. The normalized spacial score (nSPS) is 14.2. The number of carbonyl (C=O) groups excluding carboxylic acids is 3. The molecule has 1 heterocycles. The summed E-state index contributed by atoms with van der Waals surface area (Å²) in [5.74, 6) is -1.02. The Labute approximate surface area is 159 Å². The summed E-state index contributed by atoms with van der Waals surface area (Å²) in [6, 6.07) is 8.36. The van der Waals surface area contributed by atoms with E-state index in [2.05, 4.69) is 5.32 Å². The van der Waals surface area contributed by atoms with E-state index in [0.717, 1.165) is 4.90 Å². The third-order valence-electron chi connectivity index (χ3n) is 4.08. The number of benzene rings is 2. The van der Waals surface area contributed by atoms with Crippen LogP contribution in [-0.2, 0) is 4.79 Å². The Morgan fingerprint density at radius 2 is 1.54 bits per heavy atom. The number of methoxy groups -OCH3 is 1. The molecule has 3 amide bonds. The molecule has 1 aliphatic heterocycles. The van der Waals surface area contributed by atoms with Gasteiger partial charge in [0.2, 0.25) is 5.91 Å². The average Bonchev–Trinajstić information content (AvgIpc) is 2.86. The van der Waals surface area contributed by atoms with E-state index in [1.165, 1.54) is 26.2 Å². The van der Waals surface area contributed by atoms with E-state index >= 15 is 0 Å². The van der Waals surface area contributed by atoms with Crippen molar-refractivity contribution in [2.75, 3.05) is 12.4 Å². The number of ether oxygens (including phenoxy) is 1. The van der Waals surface area contributed by atoms with Crippen molar-refractivity contribution < 1.29 is 19.1 Å². The molecule has 0 fully saturated rings. The van der Waals surface area contributed by atoms with Crippen LogP contribution >= 0.6 is 23.2 Å². The fraction of sp³-hybridized carbons (Fsp3) is 0.167. The average molecular weight is 393 g/mol. The SMILES string of the molecule is COc1ccc(NC(=O)[C@H](C)N2C(=O)c3cc(Cl)c(Cl)cc3C2=O)cc1. The molecule has 0 unspecified atom stereocenters. The number of rotatable bonds is 4. The first-order valence-corrected chi connectivity index (χ1v) is 8.41. The van der Waals surface area contributed by atoms with E-state index in [1.54, 1.807) is 24.3 Å². The van der Waals surface area contributed by atoms with Gasteiger partial charge in [-0.25, -0.2) is 0 Å². The Kier molecular flexibility index (Phi) is 4.89. The van der Waals surface area contributed by atoms with E-state index in [0.29, 0.717) is 11.4 Å². The number of nitrogens with zero attached hydrogens (tertiary/aromatic N) is 1. The van der Waals surface area contributed by atoms with Gasteiger partial charge in [0.1, 0.15) is 11.8 Å². The molecule has 2 aromatic rings. The minimum atomic E-state index is -1.01. The predicted molar refractivity (Wildman–Crippen MR) is 98.0 cm³/mol. The lowest BCUT2D eigenvalue weighted by Crippen LogP contribution is -2.45. The van der Waals surface area contributed by atoms with Gasteiger partial charge >= 0.3 is 0 Å². The molecule has 0 aliphatic carbocycles. The molecule has 8 heteroatoms. The molecule has 1 aliphatic rings. The summed E-state index contributed by atoms with van der Waals surface area (Å²) in [4.78, 5) is 38.5. The van der Waals surface area contributed by atoms with Crippen molar-refractivity contribution in [1.82, 2.24) is 4.90 Å². The highest BCUT2D eigenvalue weighted by Gasteiger charge is 2.41. The minimum absolute atomic E-state index is 0.133. The second kappa shape index (κ2) is 6.97. The molecule has 1 N–H and O–H groups in total. The van der Waals surface area contributed by atoms with Gasteiger partial charge in [0, 0.05) is 5.69 Å². The van der Waals surface area contributed by atoms with Crippen molar-refractivity contribution in [3.8, 4) is 5.75 Å². The zero-order valence-corrected chi connectivity index (χ0v) is 15.4. The summed E-state index contributed by atoms with van der Waals surface area (Å²) in [5, 5.41) is 3.01. The van der Waals surface area contributed by atoms with Crippen molar-refractivity contribution in [1.29, 1.82) is 0 Å². The molecule has 6 nitrogen and oxygen atoms in total. The molecule has 2 aromatic carbocycles. The highest BCUT2D eigenvalue weighted by atomic mass is 35.5. The standard InChI is InChI=1S/C18H14Cl2N2O4/c1-9(16(23)21-10-3-5-11(26-2)6-4-10)22-17(24)12-7-14(19)15(20)8-13(12)18(22)25/h3-9H,1-2H3,(H,21,23)/t9-/m0/s1. The summed E-state index contributed by atoms with van der Waals surface area (Å²) in [5.41, 5.74) is 0.785. The lowest BCUT2D eigenvalue weighted by molar-refractivity contribution is -0.119. The van der Waals surface area contributed by atoms with Crippen LogP contribution in [0.2, 0.25) is 10.0 Å². The molecule has 26 heavy (non-hydrogen) atoms. The second-order valence-corrected chi connectivity index (χ2v) is 6.50. The molecular weight excluding hydrogens is 379 g/mol. The Morgan fingerprint density at radius 1 is 1.04 bits per heavy atom. The number of anilines is 1. The molecule has 134 valence electrons. The Morgan fingerprint density at radius 3 is 2.00 bits per heavy atom. The number of hydrogen-bond acceptors (Lipinski definition) is 4. The van der Waals surface area contributed by atoms with Gasteiger partial charge in [-0.15, -0.1) is 0 Å². The topological polar surface area (TPSA) is 75.7 Å². The van der Waals surface area contributed by atoms with E-state index in [1.807, 2.05) is 0 Å². The Bertz CT molecular complexity index is 871. The Hall–Kier alpha value is -2.57. The lowest BCUT2D eigenvalue weighted by atomic mass is 10.1. The van der Waals surface area contributed by atoms with Crippen LogP contribution < -0.4 is 10.1 Å². The molecular formula is C18H14Cl2N2O4. The van der Waals surface area contributed by atoms with Gasteiger partial charge in [0.05, 0.1) is 28.3 Å². The highest BCUT2D eigenvalue weighted by molar-refractivity contribution is 6.43. The molecule has 0 bridgehead atoms. The van der Waals surface area contributed by atoms with Crippen LogP contribution in [0.5, 0.6) is 5.75 Å². The van der Waals surface area contributed by atoms with Gasteiger partial charge in [-0.3, -0.25) is 19.3 Å². The molecule has 0 saturated carbocycles. The first-order valence-electron chi connectivity index (χ1n) is 7.65. The molecule has 0 aromatic heterocycles. The summed E-state index contributed by atoms with van der Waals surface area (Å²) < 4.78 is 5.05. The highest BCUT2D eigenvalue weighted by Crippen LogP contribution is 2.32. The van der Waals surface area contributed by atoms with Crippen molar-refractivity contribution in [2.45, 2.75) is 13.0 Å². The van der Waals surface area contributed by atoms with Gasteiger partial charge in [0.15, 0.2) is 0 Å². The van der Waals surface area contributed by atoms with E-state index in [-0.39, 0.29) is 21.2 Å². The third kappa shape index (κ3) is 3.13. The zero-order chi connectivity index (χ0) is 19.0. The van der Waals surface area contributed by atoms with Crippen molar-refractivity contribution in [3.05, 3.63) is 57.6 Å². The van der Waals surface area contributed by atoms with E-state index in [4.69, 9.17) is 27.9 Å². The minimum Gasteiger partial charge on any atom is -0.497 e. The Balaban J connectivity index is 1.81. The van der Waals surface area contributed by atoms with E-state index in [9.17, 15) is 14.4 Å². The number of imide groups is 1. The summed E-state index contributed by atoms with van der Waals surface area (Å²) in [7, 11) is 1.54. The van der Waals surface area contributed by atoms with Crippen LogP contribution in [-0.4, -0.2) is 35.8 Å². The quantitative estimate of drug-likeness (QED) is 0.806. The lowest BCUT2D eigenvalue weighted by Gasteiger charge is -2.21. The van der Waals surface area contributed by atoms with E-state index < -0.39 is 23.8 Å². The molecule has 3 rings (SSSR count). The van der Waals surface area contributed by atoms with Crippen LogP contribution in [0.15, 0.2) is 36.4 Å². The van der Waals surface area contributed by atoms with Crippen LogP contribution in [0.3, 0.4) is 0 Å². The number of halogens is 2. The van der Waals surface area contributed by atoms with Crippen molar-refractivity contribution in [2.24, 2.45) is 0 Å². The first-order chi connectivity index (χ1) is 12.3. The fourth-order valence-electron chi connectivity index (χ4n) is 2.64. The maximum atomic E-state index is 12.6. The van der Waals surface area contributed by atoms with Gasteiger partial charge in [0.25, 0.3) is 11.8 Å². The van der Waals surface area contributed by atoms with Crippen LogP contribution in [0.25, 0.3) is 0 Å². The van der Waals surface area contributed by atoms with Crippen molar-refractivity contribution >= 4 is 46.6 Å². The fourth-order valence-corrected chi connectivity index (χ4v) is 2.97. The van der Waals surface area contributed by atoms with Crippen molar-refractivity contribution in [3.63, 3.8) is 0 Å². The van der Waals surface area contributed by atoms with Gasteiger partial charge < -0.3 is 10.1 Å². The van der Waals surface area contributed by atoms with Crippen LogP contribution in [0, 0.1) is 0 Å². The maximum absolute atomic E-state index is 12.6. The third-order valence-corrected chi connectivity index (χ3v) is 4.81. The van der Waals surface area contributed by atoms with Crippen LogP contribution in [0.4, 0.5) is 5.69 Å². The number of fused-ring (bicyclic) bond motifs is 1. The molecule has 1 atom stereocenters. The number of nitrogens with one attached hydrogen (secondary N) is 1.